The van der Waals surface area contributed by atoms with Crippen LogP contribution in [0.4, 0.5) is 5.82 Å². The van der Waals surface area contributed by atoms with Gasteiger partial charge in [-0.05, 0) is 25.1 Å². The molecule has 78 valence electrons. The Kier molecular flexibility index (Phi) is 4.19. The van der Waals surface area contributed by atoms with Gasteiger partial charge in [0, 0.05) is 20.3 Å². The summed E-state index contributed by atoms with van der Waals surface area (Å²) < 4.78 is 5.55. The van der Waals surface area contributed by atoms with Crippen LogP contribution in [0.2, 0.25) is 0 Å². The second-order valence-electron chi connectivity index (χ2n) is 3.21. The SMILES string of the molecule is CN(C)c1ncccc1OCCCN. The molecule has 0 saturated carbocycles. The van der Waals surface area contributed by atoms with Gasteiger partial charge in [-0.3, -0.25) is 0 Å². The Bertz CT molecular complexity index is 276. The largest absolute Gasteiger partial charge is 0.490 e. The molecule has 1 aromatic heterocycles. The zero-order chi connectivity index (χ0) is 10.4. The van der Waals surface area contributed by atoms with E-state index < -0.39 is 0 Å². The quantitative estimate of drug-likeness (QED) is 0.708. The summed E-state index contributed by atoms with van der Waals surface area (Å²) in [5.74, 6) is 1.66. The zero-order valence-electron chi connectivity index (χ0n) is 8.73. The van der Waals surface area contributed by atoms with E-state index in [-0.39, 0.29) is 0 Å². The number of hydrogen-bond acceptors (Lipinski definition) is 4. The number of nitrogens with two attached hydrogens (primary N) is 1. The molecule has 0 atom stereocenters. The molecule has 0 aromatic carbocycles. The summed E-state index contributed by atoms with van der Waals surface area (Å²) in [4.78, 5) is 6.15. The molecule has 0 amide bonds. The van der Waals surface area contributed by atoms with E-state index in [0.717, 1.165) is 18.0 Å². The summed E-state index contributed by atoms with van der Waals surface area (Å²) in [5.41, 5.74) is 5.38. The van der Waals surface area contributed by atoms with Gasteiger partial charge in [0.15, 0.2) is 11.6 Å². The molecule has 0 aliphatic heterocycles. The van der Waals surface area contributed by atoms with Gasteiger partial charge in [0.2, 0.25) is 0 Å². The Morgan fingerprint density at radius 3 is 2.93 bits per heavy atom. The molecule has 0 radical (unpaired) electrons. The van der Waals surface area contributed by atoms with Crippen molar-refractivity contribution in [1.29, 1.82) is 0 Å². The van der Waals surface area contributed by atoms with Gasteiger partial charge in [0.1, 0.15) is 0 Å². The molecule has 14 heavy (non-hydrogen) atoms. The second-order valence-corrected chi connectivity index (χ2v) is 3.21. The van der Waals surface area contributed by atoms with E-state index in [2.05, 4.69) is 4.98 Å². The van der Waals surface area contributed by atoms with Crippen molar-refractivity contribution in [2.45, 2.75) is 6.42 Å². The van der Waals surface area contributed by atoms with Crippen LogP contribution in [0.25, 0.3) is 0 Å². The molecule has 1 heterocycles. The van der Waals surface area contributed by atoms with E-state index in [4.69, 9.17) is 10.5 Å². The Balaban J connectivity index is 2.64. The highest BCUT2D eigenvalue weighted by Gasteiger charge is 2.05. The van der Waals surface area contributed by atoms with Gasteiger partial charge in [0.05, 0.1) is 6.61 Å². The molecule has 0 saturated heterocycles. The monoisotopic (exact) mass is 195 g/mol. The first-order valence-corrected chi connectivity index (χ1v) is 4.71. The van der Waals surface area contributed by atoms with Crippen molar-refractivity contribution in [1.82, 2.24) is 4.98 Å². The molecule has 4 heteroatoms. The van der Waals surface area contributed by atoms with E-state index in [0.29, 0.717) is 13.2 Å². The molecular weight excluding hydrogens is 178 g/mol. The molecule has 4 nitrogen and oxygen atoms in total. The van der Waals surface area contributed by atoms with Gasteiger partial charge in [-0.2, -0.15) is 0 Å². The minimum absolute atomic E-state index is 0.642. The highest BCUT2D eigenvalue weighted by atomic mass is 16.5. The molecule has 0 bridgehead atoms. The Labute approximate surface area is 84.7 Å². The molecule has 0 aliphatic rings. The fourth-order valence-electron chi connectivity index (χ4n) is 1.10. The third kappa shape index (κ3) is 2.88. The average molecular weight is 195 g/mol. The van der Waals surface area contributed by atoms with Crippen LogP contribution in [0.1, 0.15) is 6.42 Å². The second kappa shape index (κ2) is 5.44. The number of rotatable bonds is 5. The summed E-state index contributed by atoms with van der Waals surface area (Å²) in [6, 6.07) is 3.78. The van der Waals surface area contributed by atoms with Crippen molar-refractivity contribution < 1.29 is 4.74 Å². The van der Waals surface area contributed by atoms with Crippen LogP contribution >= 0.6 is 0 Å². The maximum absolute atomic E-state index is 5.55. The lowest BCUT2D eigenvalue weighted by molar-refractivity contribution is 0.313. The lowest BCUT2D eigenvalue weighted by Gasteiger charge is -2.15. The smallest absolute Gasteiger partial charge is 0.170 e. The number of hydrogen-bond donors (Lipinski definition) is 1. The Morgan fingerprint density at radius 2 is 2.29 bits per heavy atom. The predicted molar refractivity (Wildman–Crippen MR) is 57.7 cm³/mol. The highest BCUT2D eigenvalue weighted by molar-refractivity contribution is 5.50. The minimum Gasteiger partial charge on any atom is -0.490 e. The molecule has 2 N–H and O–H groups in total. The van der Waals surface area contributed by atoms with Crippen LogP contribution < -0.4 is 15.4 Å². The lowest BCUT2D eigenvalue weighted by atomic mass is 10.4. The van der Waals surface area contributed by atoms with Gasteiger partial charge >= 0.3 is 0 Å². The third-order valence-electron chi connectivity index (χ3n) is 1.78. The van der Waals surface area contributed by atoms with Crippen molar-refractivity contribution in [3.8, 4) is 5.75 Å². The van der Waals surface area contributed by atoms with Crippen LogP contribution in [0, 0.1) is 0 Å². The van der Waals surface area contributed by atoms with Crippen molar-refractivity contribution in [3.63, 3.8) is 0 Å². The van der Waals surface area contributed by atoms with Crippen LogP contribution in [0.3, 0.4) is 0 Å². The molecule has 0 spiro atoms. The number of pyridine rings is 1. The van der Waals surface area contributed by atoms with E-state index in [1.54, 1.807) is 6.20 Å². The molecule has 1 aromatic rings. The van der Waals surface area contributed by atoms with Crippen LogP contribution in [-0.4, -0.2) is 32.2 Å². The molecule has 0 fully saturated rings. The van der Waals surface area contributed by atoms with E-state index in [1.807, 2.05) is 31.1 Å². The van der Waals surface area contributed by atoms with Crippen LogP contribution in [0.15, 0.2) is 18.3 Å². The van der Waals surface area contributed by atoms with E-state index in [1.165, 1.54) is 0 Å². The fraction of sp³-hybridized carbons (Fsp3) is 0.500. The van der Waals surface area contributed by atoms with Gasteiger partial charge in [-0.1, -0.05) is 0 Å². The first kappa shape index (κ1) is 10.8. The van der Waals surface area contributed by atoms with Crippen LogP contribution in [0.5, 0.6) is 5.75 Å². The maximum atomic E-state index is 5.55. The normalized spacial score (nSPS) is 9.93. The van der Waals surface area contributed by atoms with Gasteiger partial charge < -0.3 is 15.4 Å². The topological polar surface area (TPSA) is 51.4 Å². The molecular formula is C10H17N3O. The lowest BCUT2D eigenvalue weighted by Crippen LogP contribution is -2.13. The van der Waals surface area contributed by atoms with Crippen LogP contribution in [-0.2, 0) is 0 Å². The summed E-state index contributed by atoms with van der Waals surface area (Å²) >= 11 is 0. The summed E-state index contributed by atoms with van der Waals surface area (Å²) in [5, 5.41) is 0. The molecule has 1 rings (SSSR count). The van der Waals surface area contributed by atoms with Crippen molar-refractivity contribution in [3.05, 3.63) is 18.3 Å². The number of anilines is 1. The number of aromatic nitrogens is 1. The zero-order valence-corrected chi connectivity index (χ0v) is 8.73. The Morgan fingerprint density at radius 1 is 1.50 bits per heavy atom. The summed E-state index contributed by atoms with van der Waals surface area (Å²) in [7, 11) is 3.89. The first-order chi connectivity index (χ1) is 6.75. The standard InChI is InChI=1S/C10H17N3O/c1-13(2)10-9(5-3-7-12-10)14-8-4-6-11/h3,5,7H,4,6,8,11H2,1-2H3. The summed E-state index contributed by atoms with van der Waals surface area (Å²) in [6.07, 6.45) is 2.62. The van der Waals surface area contributed by atoms with E-state index >= 15 is 0 Å². The van der Waals surface area contributed by atoms with Gasteiger partial charge in [0.25, 0.3) is 0 Å². The van der Waals surface area contributed by atoms with Gasteiger partial charge in [-0.25, -0.2) is 4.98 Å². The van der Waals surface area contributed by atoms with Crippen molar-refractivity contribution in [2.24, 2.45) is 5.73 Å². The third-order valence-corrected chi connectivity index (χ3v) is 1.78. The van der Waals surface area contributed by atoms with Gasteiger partial charge in [-0.15, -0.1) is 0 Å². The maximum Gasteiger partial charge on any atom is 0.170 e. The average Bonchev–Trinajstić information content (AvgIpc) is 2.19. The Hall–Kier alpha value is -1.29. The van der Waals surface area contributed by atoms with E-state index in [9.17, 15) is 0 Å². The van der Waals surface area contributed by atoms with Crippen molar-refractivity contribution >= 4 is 5.82 Å². The highest BCUT2D eigenvalue weighted by Crippen LogP contribution is 2.22. The van der Waals surface area contributed by atoms with Crippen molar-refractivity contribution in [2.75, 3.05) is 32.1 Å². The first-order valence-electron chi connectivity index (χ1n) is 4.71. The number of ether oxygens (including phenoxy) is 1. The number of nitrogens with zero attached hydrogens (tertiary/aromatic N) is 2. The molecule has 0 aliphatic carbocycles. The fourth-order valence-corrected chi connectivity index (χ4v) is 1.10. The molecule has 0 unspecified atom stereocenters. The predicted octanol–water partition coefficient (Wildman–Crippen LogP) is 0.875. The minimum atomic E-state index is 0.642. The summed E-state index contributed by atoms with van der Waals surface area (Å²) in [6.45, 7) is 1.29.